The maximum atomic E-state index is 11.3. The Kier molecular flexibility index (Phi) is 1.02. The first-order valence-corrected chi connectivity index (χ1v) is 4.10. The van der Waals surface area contributed by atoms with Crippen LogP contribution in [0.25, 0.3) is 0 Å². The van der Waals surface area contributed by atoms with Crippen LogP contribution in [-0.2, 0) is 28.7 Å². The lowest BCUT2D eigenvalue weighted by Crippen LogP contribution is -2.53. The van der Waals surface area contributed by atoms with Gasteiger partial charge in [-0.25, -0.2) is 0 Å². The van der Waals surface area contributed by atoms with Crippen molar-refractivity contribution in [3.05, 3.63) is 0 Å². The van der Waals surface area contributed by atoms with Crippen molar-refractivity contribution >= 4 is 23.9 Å². The third kappa shape index (κ3) is 0.495. The van der Waals surface area contributed by atoms with E-state index in [0.717, 1.165) is 0 Å². The molecular weight excluding hydrogens is 192 g/mol. The predicted molar refractivity (Wildman–Crippen MR) is 36.2 cm³/mol. The van der Waals surface area contributed by atoms with Crippen molar-refractivity contribution in [1.82, 2.24) is 0 Å². The third-order valence-electron chi connectivity index (χ3n) is 3.20. The first-order valence-electron chi connectivity index (χ1n) is 4.10. The molecular formula is C8H4O6. The van der Waals surface area contributed by atoms with Gasteiger partial charge in [-0.15, -0.1) is 0 Å². The minimum absolute atomic E-state index is 0.176. The Bertz CT molecular complexity index is 370. The smallest absolute Gasteiger partial charge is 0.332 e. The van der Waals surface area contributed by atoms with Crippen molar-refractivity contribution in [2.45, 2.75) is 6.42 Å². The average Bonchev–Trinajstić information content (AvgIpc) is 2.27. The molecule has 2 atom stereocenters. The lowest BCUT2D eigenvalue weighted by Gasteiger charge is -2.35. The molecule has 0 N–H and O–H groups in total. The fraction of sp³-hybridized carbons (Fsp3) is 0.500. The maximum absolute atomic E-state index is 11.3. The molecule has 1 saturated carbocycles. The van der Waals surface area contributed by atoms with Gasteiger partial charge in [-0.05, 0) is 6.42 Å². The van der Waals surface area contributed by atoms with Gasteiger partial charge in [0.2, 0.25) is 0 Å². The number of hydrogen-bond donors (Lipinski definition) is 0. The van der Waals surface area contributed by atoms with Crippen LogP contribution < -0.4 is 0 Å². The SMILES string of the molecule is O=C1OC(=O)C23C(=O)OC(=O)C2CC13. The van der Waals surface area contributed by atoms with Crippen molar-refractivity contribution in [2.75, 3.05) is 0 Å². The number of ether oxygens (including phenoxy) is 2. The molecule has 0 bridgehead atoms. The van der Waals surface area contributed by atoms with Crippen molar-refractivity contribution in [2.24, 2.45) is 17.3 Å². The molecule has 0 aromatic carbocycles. The highest BCUT2D eigenvalue weighted by Gasteiger charge is 2.80. The number of rotatable bonds is 0. The van der Waals surface area contributed by atoms with Gasteiger partial charge in [-0.2, -0.15) is 0 Å². The van der Waals surface area contributed by atoms with Crippen molar-refractivity contribution in [3.63, 3.8) is 0 Å². The van der Waals surface area contributed by atoms with Crippen LogP contribution in [0.5, 0.6) is 0 Å². The Morgan fingerprint density at radius 2 is 1.36 bits per heavy atom. The molecule has 2 unspecified atom stereocenters. The zero-order valence-electron chi connectivity index (χ0n) is 6.81. The van der Waals surface area contributed by atoms with Crippen molar-refractivity contribution in [1.29, 1.82) is 0 Å². The quantitative estimate of drug-likeness (QED) is 0.356. The highest BCUT2D eigenvalue weighted by atomic mass is 16.6. The summed E-state index contributed by atoms with van der Waals surface area (Å²) in [6.07, 6.45) is 0.176. The standard InChI is InChI=1S/C8H4O6/c9-4-2-1-3-5(10)14-7(12)8(2,3)6(11)13-4/h2-3H,1H2. The average molecular weight is 196 g/mol. The third-order valence-corrected chi connectivity index (χ3v) is 3.20. The van der Waals surface area contributed by atoms with E-state index < -0.39 is 41.1 Å². The van der Waals surface area contributed by atoms with Crippen LogP contribution in [0.1, 0.15) is 6.42 Å². The summed E-state index contributed by atoms with van der Waals surface area (Å²) in [5, 5.41) is 0. The van der Waals surface area contributed by atoms with Gasteiger partial charge in [0.1, 0.15) is 0 Å². The summed E-state index contributed by atoms with van der Waals surface area (Å²) >= 11 is 0. The molecule has 3 aliphatic rings. The number of carbonyl (C=O) groups is 4. The molecule has 0 radical (unpaired) electrons. The topological polar surface area (TPSA) is 86.7 Å². The lowest BCUT2D eigenvalue weighted by atomic mass is 9.55. The van der Waals surface area contributed by atoms with Gasteiger partial charge in [0.15, 0.2) is 5.41 Å². The molecule has 1 aliphatic carbocycles. The van der Waals surface area contributed by atoms with E-state index in [0.29, 0.717) is 0 Å². The van der Waals surface area contributed by atoms with Gasteiger partial charge in [0, 0.05) is 0 Å². The van der Waals surface area contributed by atoms with E-state index in [4.69, 9.17) is 0 Å². The summed E-state index contributed by atoms with van der Waals surface area (Å²) in [6.45, 7) is 0. The molecule has 2 aliphatic heterocycles. The fourth-order valence-corrected chi connectivity index (χ4v) is 2.40. The van der Waals surface area contributed by atoms with Crippen LogP contribution in [0, 0.1) is 17.3 Å². The summed E-state index contributed by atoms with van der Waals surface area (Å²) in [4.78, 5) is 44.8. The number of hydrogen-bond acceptors (Lipinski definition) is 6. The Morgan fingerprint density at radius 3 is 1.71 bits per heavy atom. The summed E-state index contributed by atoms with van der Waals surface area (Å²) in [7, 11) is 0. The van der Waals surface area contributed by atoms with E-state index in [1.165, 1.54) is 0 Å². The van der Waals surface area contributed by atoms with Crippen molar-refractivity contribution in [3.8, 4) is 0 Å². The molecule has 1 spiro atoms. The minimum Gasteiger partial charge on any atom is -0.392 e. The summed E-state index contributed by atoms with van der Waals surface area (Å²) in [6, 6.07) is 0. The van der Waals surface area contributed by atoms with Crippen LogP contribution >= 0.6 is 0 Å². The largest absolute Gasteiger partial charge is 0.392 e. The maximum Gasteiger partial charge on any atom is 0.332 e. The second-order valence-corrected chi connectivity index (χ2v) is 3.63. The second kappa shape index (κ2) is 1.87. The molecule has 6 heteroatoms. The Morgan fingerprint density at radius 1 is 0.929 bits per heavy atom. The Balaban J connectivity index is 2.17. The molecule has 3 fully saturated rings. The molecule has 72 valence electrons. The van der Waals surface area contributed by atoms with Gasteiger partial charge >= 0.3 is 23.9 Å². The lowest BCUT2D eigenvalue weighted by molar-refractivity contribution is -0.163. The van der Waals surface area contributed by atoms with Crippen LogP contribution in [0.2, 0.25) is 0 Å². The van der Waals surface area contributed by atoms with Gasteiger partial charge < -0.3 is 9.47 Å². The van der Waals surface area contributed by atoms with E-state index in [-0.39, 0.29) is 6.42 Å². The molecule has 2 saturated heterocycles. The number of esters is 4. The molecule has 0 amide bonds. The van der Waals surface area contributed by atoms with Crippen LogP contribution in [0.4, 0.5) is 0 Å². The van der Waals surface area contributed by atoms with Crippen molar-refractivity contribution < 1.29 is 28.7 Å². The summed E-state index contributed by atoms with van der Waals surface area (Å²) in [5.41, 5.74) is -1.62. The van der Waals surface area contributed by atoms with E-state index >= 15 is 0 Å². The molecule has 0 aromatic heterocycles. The zero-order valence-corrected chi connectivity index (χ0v) is 6.81. The fourth-order valence-electron chi connectivity index (χ4n) is 2.40. The van der Waals surface area contributed by atoms with E-state index in [9.17, 15) is 19.2 Å². The van der Waals surface area contributed by atoms with Crippen LogP contribution in [0.3, 0.4) is 0 Å². The first kappa shape index (κ1) is 7.66. The molecule has 2 heterocycles. The van der Waals surface area contributed by atoms with Gasteiger partial charge in [0.25, 0.3) is 0 Å². The van der Waals surface area contributed by atoms with E-state index in [1.54, 1.807) is 0 Å². The molecule has 3 rings (SSSR count). The normalized spacial score (nSPS) is 44.0. The number of carbonyl (C=O) groups excluding carboxylic acids is 4. The minimum atomic E-state index is -1.62. The van der Waals surface area contributed by atoms with Crippen LogP contribution in [-0.4, -0.2) is 23.9 Å². The first-order chi connectivity index (χ1) is 6.58. The highest BCUT2D eigenvalue weighted by Crippen LogP contribution is 2.60. The summed E-state index contributed by atoms with van der Waals surface area (Å²) < 4.78 is 8.68. The van der Waals surface area contributed by atoms with E-state index in [2.05, 4.69) is 9.47 Å². The molecule has 14 heavy (non-hydrogen) atoms. The van der Waals surface area contributed by atoms with Crippen LogP contribution in [0.15, 0.2) is 0 Å². The zero-order chi connectivity index (χ0) is 10.1. The monoisotopic (exact) mass is 196 g/mol. The highest BCUT2D eigenvalue weighted by molar-refractivity contribution is 6.21. The number of cyclic esters (lactones) is 4. The Labute approximate surface area is 77.1 Å². The van der Waals surface area contributed by atoms with Gasteiger partial charge in [0.05, 0.1) is 11.8 Å². The summed E-state index contributed by atoms with van der Waals surface area (Å²) in [5.74, 6) is -4.92. The van der Waals surface area contributed by atoms with Gasteiger partial charge in [-0.3, -0.25) is 19.2 Å². The van der Waals surface area contributed by atoms with E-state index in [1.807, 2.05) is 0 Å². The predicted octanol–water partition coefficient (Wildman–Crippen LogP) is -1.22. The molecule has 6 nitrogen and oxygen atoms in total. The second-order valence-electron chi connectivity index (χ2n) is 3.63. The van der Waals surface area contributed by atoms with Gasteiger partial charge in [-0.1, -0.05) is 0 Å². The molecule has 0 aromatic rings. The Hall–Kier alpha value is -1.72.